The van der Waals surface area contributed by atoms with Crippen LogP contribution in [0.4, 0.5) is 0 Å². The lowest BCUT2D eigenvalue weighted by molar-refractivity contribution is -0.143. The van der Waals surface area contributed by atoms with Crippen LogP contribution in [0.3, 0.4) is 0 Å². The Morgan fingerprint density at radius 3 is 2.16 bits per heavy atom. The Kier molecular flexibility index (Phi) is 6.97. The van der Waals surface area contributed by atoms with E-state index >= 15 is 0 Å². The molecular formula is C17H29NO5SSi. The van der Waals surface area contributed by atoms with Gasteiger partial charge in [-0.2, -0.15) is 4.72 Å². The second-order valence-electron chi connectivity index (χ2n) is 7.58. The number of carbonyl (C=O) groups is 1. The van der Waals surface area contributed by atoms with Crippen LogP contribution < -0.4 is 4.72 Å². The highest BCUT2D eigenvalue weighted by atomic mass is 32.2. The normalized spacial score (nSPS) is 14.2. The number of rotatable bonds is 7. The average Bonchev–Trinajstić information content (AvgIpc) is 2.50. The second kappa shape index (κ2) is 7.99. The van der Waals surface area contributed by atoms with Crippen LogP contribution in [0, 0.1) is 6.92 Å². The van der Waals surface area contributed by atoms with Crippen molar-refractivity contribution in [1.82, 2.24) is 4.72 Å². The van der Waals surface area contributed by atoms with Crippen molar-refractivity contribution < 1.29 is 22.4 Å². The van der Waals surface area contributed by atoms with Gasteiger partial charge in [-0.15, -0.1) is 0 Å². The summed E-state index contributed by atoms with van der Waals surface area (Å²) < 4.78 is 38.2. The first kappa shape index (κ1) is 21.8. The summed E-state index contributed by atoms with van der Waals surface area (Å²) >= 11 is 0. The summed E-state index contributed by atoms with van der Waals surface area (Å²) in [4.78, 5) is 12.1. The molecule has 0 saturated carbocycles. The number of esters is 1. The van der Waals surface area contributed by atoms with Gasteiger partial charge in [-0.25, -0.2) is 8.42 Å². The zero-order valence-corrected chi connectivity index (χ0v) is 17.9. The third-order valence-corrected chi connectivity index (χ3v) is 10.5. The number of hydrogen-bond acceptors (Lipinski definition) is 5. The fraction of sp³-hybridized carbons (Fsp3) is 0.588. The Labute approximate surface area is 152 Å². The predicted octanol–water partition coefficient (Wildman–Crippen LogP) is 2.84. The molecule has 1 atom stereocenters. The van der Waals surface area contributed by atoms with Crippen molar-refractivity contribution >= 4 is 24.3 Å². The van der Waals surface area contributed by atoms with E-state index in [0.717, 1.165) is 5.56 Å². The van der Waals surface area contributed by atoms with Crippen molar-refractivity contribution in [3.8, 4) is 0 Å². The van der Waals surface area contributed by atoms with Crippen LogP contribution in [0.25, 0.3) is 0 Å². The monoisotopic (exact) mass is 387 g/mol. The van der Waals surface area contributed by atoms with Crippen LogP contribution in [0.1, 0.15) is 26.3 Å². The maximum Gasteiger partial charge on any atom is 0.326 e. The molecule has 0 aliphatic carbocycles. The van der Waals surface area contributed by atoms with Crippen molar-refractivity contribution in [3.05, 3.63) is 29.8 Å². The fourth-order valence-electron chi connectivity index (χ4n) is 1.77. The molecule has 0 fully saturated rings. The molecule has 142 valence electrons. The molecule has 0 aliphatic rings. The van der Waals surface area contributed by atoms with Crippen LogP contribution in [0.2, 0.25) is 18.1 Å². The number of hydrogen-bond donors (Lipinski definition) is 1. The van der Waals surface area contributed by atoms with E-state index in [2.05, 4.69) is 25.5 Å². The highest BCUT2D eigenvalue weighted by Gasteiger charge is 2.39. The molecule has 0 bridgehead atoms. The van der Waals surface area contributed by atoms with Gasteiger partial charge in [0.15, 0.2) is 8.32 Å². The van der Waals surface area contributed by atoms with E-state index in [4.69, 9.17) is 9.16 Å². The van der Waals surface area contributed by atoms with Gasteiger partial charge in [0.2, 0.25) is 10.0 Å². The van der Waals surface area contributed by atoms with Gasteiger partial charge in [0.25, 0.3) is 0 Å². The van der Waals surface area contributed by atoms with Crippen molar-refractivity contribution in [1.29, 1.82) is 0 Å². The van der Waals surface area contributed by atoms with Crippen LogP contribution in [-0.2, 0) is 24.0 Å². The first-order chi connectivity index (χ1) is 11.3. The van der Waals surface area contributed by atoms with E-state index in [-0.39, 0.29) is 16.5 Å². The minimum absolute atomic E-state index is 0.0521. The quantitative estimate of drug-likeness (QED) is 0.575. The highest BCUT2D eigenvalue weighted by molar-refractivity contribution is 7.89. The molecule has 6 nitrogen and oxygen atoms in total. The number of aryl methyl sites for hydroxylation is 1. The van der Waals surface area contributed by atoms with Crippen LogP contribution >= 0.6 is 0 Å². The Balaban J connectivity index is 2.97. The van der Waals surface area contributed by atoms with Gasteiger partial charge in [-0.05, 0) is 37.2 Å². The molecule has 0 heterocycles. The lowest BCUT2D eigenvalue weighted by atomic mass is 10.2. The predicted molar refractivity (Wildman–Crippen MR) is 100 cm³/mol. The molecule has 1 N–H and O–H groups in total. The van der Waals surface area contributed by atoms with E-state index in [1.54, 1.807) is 12.1 Å². The number of benzene rings is 1. The Morgan fingerprint density at radius 2 is 1.72 bits per heavy atom. The smallest absolute Gasteiger partial charge is 0.326 e. The Bertz CT molecular complexity index is 693. The number of methoxy groups -OCH3 is 1. The number of sulfonamides is 1. The molecule has 0 spiro atoms. The minimum atomic E-state index is -3.85. The van der Waals surface area contributed by atoms with Crippen molar-refractivity contribution in [3.63, 3.8) is 0 Å². The zero-order valence-electron chi connectivity index (χ0n) is 16.0. The SMILES string of the molecule is COC(=O)[C@@H](CO[Si](C)(C)C(C)(C)C)NS(=O)(=O)c1ccc(C)cc1. The average molecular weight is 388 g/mol. The molecule has 8 heteroatoms. The van der Waals surface area contributed by atoms with Gasteiger partial charge in [0.1, 0.15) is 6.04 Å². The molecule has 0 aromatic heterocycles. The standard InChI is InChI=1S/C17H29NO5SSi/c1-13-8-10-14(11-9-13)24(20,21)18-15(16(19)22-5)12-23-25(6,7)17(2,3)4/h8-11,15,18H,12H2,1-7H3/t15-/m1/s1. The topological polar surface area (TPSA) is 81.7 Å². The molecular weight excluding hydrogens is 358 g/mol. The molecule has 0 unspecified atom stereocenters. The maximum absolute atomic E-state index is 12.5. The lowest BCUT2D eigenvalue weighted by Crippen LogP contribution is -2.49. The molecule has 0 amide bonds. The van der Waals surface area contributed by atoms with Gasteiger partial charge in [0, 0.05) is 0 Å². The summed E-state index contributed by atoms with van der Waals surface area (Å²) in [7, 11) is -4.76. The third kappa shape index (κ3) is 5.91. The Morgan fingerprint density at radius 1 is 1.20 bits per heavy atom. The Hall–Kier alpha value is -1.22. The summed E-state index contributed by atoms with van der Waals surface area (Å²) in [6.45, 7) is 12.1. The molecule has 1 aromatic carbocycles. The fourth-order valence-corrected chi connectivity index (χ4v) is 3.96. The van der Waals surface area contributed by atoms with Gasteiger partial charge < -0.3 is 9.16 Å². The first-order valence-electron chi connectivity index (χ1n) is 8.11. The number of carbonyl (C=O) groups excluding carboxylic acids is 1. The molecule has 0 radical (unpaired) electrons. The van der Waals surface area contributed by atoms with Crippen molar-refractivity contribution in [2.45, 2.75) is 56.8 Å². The highest BCUT2D eigenvalue weighted by Crippen LogP contribution is 2.36. The van der Waals surface area contributed by atoms with Crippen LogP contribution in [0.15, 0.2) is 29.2 Å². The molecule has 0 saturated heterocycles. The van der Waals surface area contributed by atoms with Crippen LogP contribution in [0.5, 0.6) is 0 Å². The van der Waals surface area contributed by atoms with E-state index in [9.17, 15) is 13.2 Å². The molecule has 1 rings (SSSR count). The summed E-state index contributed by atoms with van der Waals surface area (Å²) in [5, 5.41) is -0.0521. The van der Waals surface area contributed by atoms with Gasteiger partial charge in [-0.1, -0.05) is 38.5 Å². The van der Waals surface area contributed by atoms with Gasteiger partial charge in [0.05, 0.1) is 18.6 Å². The molecule has 25 heavy (non-hydrogen) atoms. The summed E-state index contributed by atoms with van der Waals surface area (Å²) in [5.74, 6) is -0.672. The van der Waals surface area contributed by atoms with E-state index in [1.807, 2.05) is 20.0 Å². The summed E-state index contributed by atoms with van der Waals surface area (Å²) in [6, 6.07) is 5.31. The third-order valence-electron chi connectivity index (χ3n) is 4.53. The van der Waals surface area contributed by atoms with E-state index in [0.29, 0.717) is 0 Å². The molecule has 0 aliphatic heterocycles. The minimum Gasteiger partial charge on any atom is -0.468 e. The largest absolute Gasteiger partial charge is 0.468 e. The molecule has 1 aromatic rings. The van der Waals surface area contributed by atoms with Gasteiger partial charge >= 0.3 is 5.97 Å². The van der Waals surface area contributed by atoms with E-state index in [1.165, 1.54) is 19.2 Å². The van der Waals surface area contributed by atoms with Crippen molar-refractivity contribution in [2.75, 3.05) is 13.7 Å². The number of ether oxygens (including phenoxy) is 1. The van der Waals surface area contributed by atoms with Crippen molar-refractivity contribution in [2.24, 2.45) is 0 Å². The zero-order chi connectivity index (χ0) is 19.5. The first-order valence-corrected chi connectivity index (χ1v) is 12.5. The lowest BCUT2D eigenvalue weighted by Gasteiger charge is -2.37. The maximum atomic E-state index is 12.5. The second-order valence-corrected chi connectivity index (χ2v) is 14.1. The summed E-state index contributed by atoms with van der Waals surface area (Å²) in [5.41, 5.74) is 0.949. The van der Waals surface area contributed by atoms with Crippen LogP contribution in [-0.4, -0.2) is 42.5 Å². The summed E-state index contributed by atoms with van der Waals surface area (Å²) in [6.07, 6.45) is 0. The number of nitrogens with one attached hydrogen (secondary N) is 1. The van der Waals surface area contributed by atoms with Gasteiger partial charge in [-0.3, -0.25) is 4.79 Å². The van der Waals surface area contributed by atoms with E-state index < -0.39 is 30.4 Å².